The van der Waals surface area contributed by atoms with Crippen LogP contribution in [-0.4, -0.2) is 34.3 Å². The lowest BCUT2D eigenvalue weighted by atomic mass is 10.1. The van der Waals surface area contributed by atoms with E-state index in [-0.39, 0.29) is 6.04 Å². The van der Waals surface area contributed by atoms with E-state index in [2.05, 4.69) is 63.9 Å². The standard InChI is InChI=1S/C18H28N6/c1-4-16-7-9-17(10-8-16)15(2)23-18(19-3)20-11-5-6-12-24-13-21-22-14-24/h7-10,13-15H,4-6,11-12H2,1-3H3,(H2,19,20,23). The van der Waals surface area contributed by atoms with Crippen molar-refractivity contribution in [3.63, 3.8) is 0 Å². The van der Waals surface area contributed by atoms with Crippen molar-refractivity contribution in [3.05, 3.63) is 48.0 Å². The van der Waals surface area contributed by atoms with E-state index in [1.807, 2.05) is 4.57 Å². The Morgan fingerprint density at radius 2 is 1.88 bits per heavy atom. The van der Waals surface area contributed by atoms with E-state index in [4.69, 9.17) is 0 Å². The fourth-order valence-corrected chi connectivity index (χ4v) is 2.49. The summed E-state index contributed by atoms with van der Waals surface area (Å²) < 4.78 is 2.00. The van der Waals surface area contributed by atoms with Crippen LogP contribution < -0.4 is 10.6 Å². The number of hydrogen-bond acceptors (Lipinski definition) is 3. The molecule has 2 aromatic rings. The molecule has 0 aliphatic rings. The molecule has 24 heavy (non-hydrogen) atoms. The third kappa shape index (κ3) is 5.68. The molecule has 1 atom stereocenters. The van der Waals surface area contributed by atoms with Crippen LogP contribution >= 0.6 is 0 Å². The van der Waals surface area contributed by atoms with E-state index < -0.39 is 0 Å². The molecule has 0 saturated carbocycles. The minimum absolute atomic E-state index is 0.221. The number of unbranched alkanes of at least 4 members (excludes halogenated alkanes) is 1. The Bertz CT molecular complexity index is 603. The molecule has 0 saturated heterocycles. The Labute approximate surface area is 144 Å². The second kappa shape index (κ2) is 9.70. The molecule has 2 rings (SSSR count). The van der Waals surface area contributed by atoms with Crippen molar-refractivity contribution in [2.24, 2.45) is 4.99 Å². The Morgan fingerprint density at radius 3 is 2.50 bits per heavy atom. The van der Waals surface area contributed by atoms with Crippen LogP contribution in [0.2, 0.25) is 0 Å². The number of benzene rings is 1. The number of aryl methyl sites for hydroxylation is 2. The van der Waals surface area contributed by atoms with Crippen molar-refractivity contribution in [3.8, 4) is 0 Å². The smallest absolute Gasteiger partial charge is 0.191 e. The maximum absolute atomic E-state index is 4.30. The molecule has 1 aromatic heterocycles. The van der Waals surface area contributed by atoms with Gasteiger partial charge in [-0.1, -0.05) is 31.2 Å². The van der Waals surface area contributed by atoms with Crippen LogP contribution in [0.1, 0.15) is 43.9 Å². The van der Waals surface area contributed by atoms with Gasteiger partial charge in [-0.05, 0) is 37.3 Å². The molecular weight excluding hydrogens is 300 g/mol. The maximum Gasteiger partial charge on any atom is 0.191 e. The van der Waals surface area contributed by atoms with E-state index >= 15 is 0 Å². The van der Waals surface area contributed by atoms with Crippen LogP contribution in [0.25, 0.3) is 0 Å². The van der Waals surface area contributed by atoms with Gasteiger partial charge in [-0.15, -0.1) is 10.2 Å². The molecule has 2 N–H and O–H groups in total. The second-order valence-corrected chi connectivity index (χ2v) is 5.87. The van der Waals surface area contributed by atoms with E-state index in [0.29, 0.717) is 0 Å². The van der Waals surface area contributed by atoms with E-state index in [0.717, 1.165) is 38.3 Å². The molecule has 0 spiro atoms. The van der Waals surface area contributed by atoms with E-state index in [9.17, 15) is 0 Å². The SMILES string of the molecule is CCc1ccc(C(C)NC(=NC)NCCCCn2cnnc2)cc1. The molecule has 6 heteroatoms. The molecule has 0 fully saturated rings. The number of hydrogen-bond donors (Lipinski definition) is 2. The first kappa shape index (κ1) is 18.0. The molecule has 6 nitrogen and oxygen atoms in total. The Kier molecular flexibility index (Phi) is 7.26. The van der Waals surface area contributed by atoms with Gasteiger partial charge >= 0.3 is 0 Å². The molecule has 0 aliphatic heterocycles. The predicted molar refractivity (Wildman–Crippen MR) is 98.0 cm³/mol. The summed E-state index contributed by atoms with van der Waals surface area (Å²) in [6, 6.07) is 8.97. The van der Waals surface area contributed by atoms with Crippen molar-refractivity contribution in [1.29, 1.82) is 0 Å². The van der Waals surface area contributed by atoms with Crippen LogP contribution in [0.5, 0.6) is 0 Å². The average molecular weight is 328 g/mol. The van der Waals surface area contributed by atoms with Crippen molar-refractivity contribution < 1.29 is 0 Å². The first-order valence-electron chi connectivity index (χ1n) is 8.61. The third-order valence-corrected chi connectivity index (χ3v) is 4.07. The first-order chi connectivity index (χ1) is 11.7. The number of guanidine groups is 1. The zero-order valence-electron chi connectivity index (χ0n) is 14.9. The van der Waals surface area contributed by atoms with Gasteiger partial charge in [-0.2, -0.15) is 0 Å². The highest BCUT2D eigenvalue weighted by molar-refractivity contribution is 5.80. The van der Waals surface area contributed by atoms with Gasteiger partial charge in [0.1, 0.15) is 12.7 Å². The Balaban J connectivity index is 1.70. The van der Waals surface area contributed by atoms with Gasteiger partial charge in [0.25, 0.3) is 0 Å². The van der Waals surface area contributed by atoms with Crippen LogP contribution in [0, 0.1) is 0 Å². The molecule has 0 radical (unpaired) electrons. The van der Waals surface area contributed by atoms with Gasteiger partial charge in [-0.25, -0.2) is 0 Å². The molecule has 1 aromatic carbocycles. The molecular formula is C18H28N6. The van der Waals surface area contributed by atoms with Gasteiger partial charge in [-0.3, -0.25) is 4.99 Å². The summed E-state index contributed by atoms with van der Waals surface area (Å²) in [7, 11) is 1.80. The second-order valence-electron chi connectivity index (χ2n) is 5.87. The van der Waals surface area contributed by atoms with Gasteiger partial charge < -0.3 is 15.2 Å². The zero-order chi connectivity index (χ0) is 17.2. The highest BCUT2D eigenvalue weighted by atomic mass is 15.2. The maximum atomic E-state index is 4.30. The molecule has 130 valence electrons. The first-order valence-corrected chi connectivity index (χ1v) is 8.61. The van der Waals surface area contributed by atoms with E-state index in [1.54, 1.807) is 19.7 Å². The fraction of sp³-hybridized carbons (Fsp3) is 0.500. The lowest BCUT2D eigenvalue weighted by Crippen LogP contribution is -2.39. The van der Waals surface area contributed by atoms with Crippen LogP contribution in [0.15, 0.2) is 41.9 Å². The third-order valence-electron chi connectivity index (χ3n) is 4.07. The normalized spacial score (nSPS) is 12.9. The van der Waals surface area contributed by atoms with E-state index in [1.165, 1.54) is 11.1 Å². The number of aliphatic imine (C=N–C) groups is 1. The molecule has 0 aliphatic carbocycles. The lowest BCUT2D eigenvalue weighted by molar-refractivity contribution is 0.593. The monoisotopic (exact) mass is 328 g/mol. The number of nitrogens with one attached hydrogen (secondary N) is 2. The molecule has 1 heterocycles. The zero-order valence-corrected chi connectivity index (χ0v) is 14.9. The molecule has 0 amide bonds. The average Bonchev–Trinajstić information content (AvgIpc) is 3.13. The van der Waals surface area contributed by atoms with Gasteiger partial charge in [0.2, 0.25) is 0 Å². The van der Waals surface area contributed by atoms with Crippen molar-refractivity contribution >= 4 is 5.96 Å². The van der Waals surface area contributed by atoms with Crippen molar-refractivity contribution in [1.82, 2.24) is 25.4 Å². The topological polar surface area (TPSA) is 67.1 Å². The minimum atomic E-state index is 0.221. The number of nitrogens with zero attached hydrogens (tertiary/aromatic N) is 4. The lowest BCUT2D eigenvalue weighted by Gasteiger charge is -2.18. The summed E-state index contributed by atoms with van der Waals surface area (Å²) in [4.78, 5) is 4.30. The fourth-order valence-electron chi connectivity index (χ4n) is 2.49. The summed E-state index contributed by atoms with van der Waals surface area (Å²) >= 11 is 0. The van der Waals surface area contributed by atoms with Crippen molar-refractivity contribution in [2.75, 3.05) is 13.6 Å². The predicted octanol–water partition coefficient (Wildman–Crippen LogP) is 2.55. The van der Waals surface area contributed by atoms with Crippen molar-refractivity contribution in [2.45, 2.75) is 45.7 Å². The molecule has 1 unspecified atom stereocenters. The minimum Gasteiger partial charge on any atom is -0.356 e. The molecule has 0 bridgehead atoms. The van der Waals surface area contributed by atoms with Gasteiger partial charge in [0, 0.05) is 20.1 Å². The van der Waals surface area contributed by atoms with Crippen LogP contribution in [0.4, 0.5) is 0 Å². The van der Waals surface area contributed by atoms with Crippen LogP contribution in [0.3, 0.4) is 0 Å². The van der Waals surface area contributed by atoms with Gasteiger partial charge in [0.15, 0.2) is 5.96 Å². The summed E-state index contributed by atoms with van der Waals surface area (Å²) in [5.41, 5.74) is 2.63. The number of aromatic nitrogens is 3. The van der Waals surface area contributed by atoms with Crippen LogP contribution in [-0.2, 0) is 13.0 Å². The summed E-state index contributed by atoms with van der Waals surface area (Å²) in [6.45, 7) is 6.16. The highest BCUT2D eigenvalue weighted by Crippen LogP contribution is 2.13. The number of rotatable bonds is 8. The Morgan fingerprint density at radius 1 is 1.17 bits per heavy atom. The quantitative estimate of drug-likeness (QED) is 0.444. The largest absolute Gasteiger partial charge is 0.356 e. The summed E-state index contributed by atoms with van der Waals surface area (Å²) in [6.07, 6.45) is 6.72. The summed E-state index contributed by atoms with van der Waals surface area (Å²) in [5, 5.41) is 14.4. The summed E-state index contributed by atoms with van der Waals surface area (Å²) in [5.74, 6) is 0.839. The van der Waals surface area contributed by atoms with Gasteiger partial charge in [0.05, 0.1) is 6.04 Å². The highest BCUT2D eigenvalue weighted by Gasteiger charge is 2.07. The Hall–Kier alpha value is -2.37.